The van der Waals surface area contributed by atoms with Gasteiger partial charge in [-0.1, -0.05) is 11.6 Å². The zero-order valence-electron chi connectivity index (χ0n) is 10.1. The third kappa shape index (κ3) is 2.24. The maximum absolute atomic E-state index is 10.9. The second-order valence-electron chi connectivity index (χ2n) is 4.60. The van der Waals surface area contributed by atoms with Crippen LogP contribution >= 0.6 is 11.6 Å². The summed E-state index contributed by atoms with van der Waals surface area (Å²) in [4.78, 5) is 10.4. The lowest BCUT2D eigenvalue weighted by Crippen LogP contribution is -2.26. The molecule has 1 aromatic heterocycles. The molecule has 18 heavy (non-hydrogen) atoms. The molecule has 0 saturated carbocycles. The molecule has 0 saturated heterocycles. The summed E-state index contributed by atoms with van der Waals surface area (Å²) in [6, 6.07) is 8.51. The van der Waals surface area contributed by atoms with E-state index in [4.69, 9.17) is 11.6 Å². The van der Waals surface area contributed by atoms with Crippen LogP contribution in [-0.4, -0.2) is 9.49 Å². The van der Waals surface area contributed by atoms with E-state index in [1.54, 1.807) is 12.1 Å². The van der Waals surface area contributed by atoms with Crippen molar-refractivity contribution < 1.29 is 4.92 Å². The molecule has 2 aromatic rings. The zero-order valence-corrected chi connectivity index (χ0v) is 10.9. The van der Waals surface area contributed by atoms with Crippen molar-refractivity contribution in [2.45, 2.75) is 19.4 Å². The van der Waals surface area contributed by atoms with Crippen molar-refractivity contribution in [1.29, 1.82) is 0 Å². The van der Waals surface area contributed by atoms with Gasteiger partial charge in [-0.3, -0.25) is 10.1 Å². The van der Waals surface area contributed by atoms with E-state index in [9.17, 15) is 10.1 Å². The minimum atomic E-state index is -0.429. The quantitative estimate of drug-likeness (QED) is 0.625. The van der Waals surface area contributed by atoms with Gasteiger partial charge in [0.15, 0.2) is 0 Å². The summed E-state index contributed by atoms with van der Waals surface area (Å²) >= 11 is 5.95. The molecule has 1 heterocycles. The smallest absolute Gasteiger partial charge is 0.271 e. The number of non-ortho nitro benzene ring substituents is 1. The molecule has 0 spiro atoms. The molecule has 5 heteroatoms. The Bertz CT molecular complexity index is 577. The summed E-state index contributed by atoms with van der Waals surface area (Å²) in [6.45, 7) is 3.98. The lowest BCUT2D eigenvalue weighted by Gasteiger charge is -2.27. The first-order chi connectivity index (χ1) is 8.41. The first kappa shape index (κ1) is 12.6. The molecule has 0 fully saturated rings. The number of nitro benzene ring substituents is 1. The summed E-state index contributed by atoms with van der Waals surface area (Å²) < 4.78 is 1.99. The van der Waals surface area contributed by atoms with Crippen LogP contribution in [0.2, 0.25) is 5.02 Å². The van der Waals surface area contributed by atoms with E-state index in [0.29, 0.717) is 5.02 Å². The van der Waals surface area contributed by atoms with Gasteiger partial charge < -0.3 is 4.57 Å². The topological polar surface area (TPSA) is 48.1 Å². The molecular weight excluding hydrogens is 252 g/mol. The lowest BCUT2D eigenvalue weighted by atomic mass is 9.93. The number of nitro groups is 1. The monoisotopic (exact) mass is 264 g/mol. The number of halogens is 1. The molecule has 0 unspecified atom stereocenters. The second kappa shape index (κ2) is 4.46. The van der Waals surface area contributed by atoms with E-state index in [0.717, 1.165) is 5.56 Å². The van der Waals surface area contributed by atoms with Gasteiger partial charge in [-0.25, -0.2) is 0 Å². The SMILES string of the molecule is CC(C)(c1cc(Cl)cc([N+](=O)[O-])c1)n1cccc1. The highest BCUT2D eigenvalue weighted by Gasteiger charge is 2.24. The van der Waals surface area contributed by atoms with Gasteiger partial charge in [0.1, 0.15) is 0 Å². The molecule has 0 radical (unpaired) electrons. The second-order valence-corrected chi connectivity index (χ2v) is 5.04. The molecule has 0 aliphatic carbocycles. The van der Waals surface area contributed by atoms with E-state index in [1.165, 1.54) is 6.07 Å². The highest BCUT2D eigenvalue weighted by molar-refractivity contribution is 6.30. The Morgan fingerprint density at radius 2 is 1.83 bits per heavy atom. The van der Waals surface area contributed by atoms with Crippen molar-refractivity contribution in [1.82, 2.24) is 4.57 Å². The highest BCUT2D eigenvalue weighted by Crippen LogP contribution is 2.31. The van der Waals surface area contributed by atoms with Crippen LogP contribution in [0.25, 0.3) is 0 Å². The lowest BCUT2D eigenvalue weighted by molar-refractivity contribution is -0.384. The highest BCUT2D eigenvalue weighted by atomic mass is 35.5. The van der Waals surface area contributed by atoms with E-state index in [1.807, 2.05) is 42.9 Å². The Morgan fingerprint density at radius 3 is 2.39 bits per heavy atom. The molecule has 1 aromatic carbocycles. The normalized spacial score (nSPS) is 11.5. The third-order valence-corrected chi connectivity index (χ3v) is 3.27. The average molecular weight is 265 g/mol. The van der Waals surface area contributed by atoms with E-state index < -0.39 is 4.92 Å². The van der Waals surface area contributed by atoms with Crippen LogP contribution in [0.5, 0.6) is 0 Å². The molecule has 0 bridgehead atoms. The fourth-order valence-corrected chi connectivity index (χ4v) is 2.12. The van der Waals surface area contributed by atoms with Gasteiger partial charge in [-0.15, -0.1) is 0 Å². The Kier molecular flexibility index (Phi) is 3.13. The first-order valence-corrected chi connectivity index (χ1v) is 5.88. The van der Waals surface area contributed by atoms with Crippen molar-refractivity contribution in [2.24, 2.45) is 0 Å². The van der Waals surface area contributed by atoms with Crippen LogP contribution in [0.3, 0.4) is 0 Å². The standard InChI is InChI=1S/C13H13ClN2O2/c1-13(2,15-5-3-4-6-15)10-7-11(14)9-12(8-10)16(17)18/h3-9H,1-2H3. The fourth-order valence-electron chi connectivity index (χ4n) is 1.89. The number of benzene rings is 1. The van der Waals surface area contributed by atoms with Crippen LogP contribution in [0.15, 0.2) is 42.7 Å². The van der Waals surface area contributed by atoms with E-state index in [2.05, 4.69) is 0 Å². The largest absolute Gasteiger partial charge is 0.345 e. The van der Waals surface area contributed by atoms with Gasteiger partial charge in [-0.2, -0.15) is 0 Å². The van der Waals surface area contributed by atoms with Crippen LogP contribution in [0.4, 0.5) is 5.69 Å². The van der Waals surface area contributed by atoms with Crippen molar-refractivity contribution in [3.8, 4) is 0 Å². The summed E-state index contributed by atoms with van der Waals surface area (Å²) in [5, 5.41) is 11.2. The van der Waals surface area contributed by atoms with Gasteiger partial charge in [0, 0.05) is 29.5 Å². The van der Waals surface area contributed by atoms with E-state index >= 15 is 0 Å². The van der Waals surface area contributed by atoms with Crippen LogP contribution in [-0.2, 0) is 5.54 Å². The Morgan fingerprint density at radius 1 is 1.22 bits per heavy atom. The molecule has 94 valence electrons. The first-order valence-electron chi connectivity index (χ1n) is 5.50. The van der Waals surface area contributed by atoms with Crippen LogP contribution in [0, 0.1) is 10.1 Å². The molecule has 0 N–H and O–H groups in total. The van der Waals surface area contributed by atoms with Gasteiger partial charge in [0.2, 0.25) is 0 Å². The van der Waals surface area contributed by atoms with Crippen molar-refractivity contribution in [3.05, 3.63) is 63.4 Å². The molecule has 0 aliphatic rings. The Balaban J connectivity index is 2.54. The predicted molar refractivity (Wildman–Crippen MR) is 71.0 cm³/mol. The Hall–Kier alpha value is -1.81. The fraction of sp³-hybridized carbons (Fsp3) is 0.231. The number of nitrogens with zero attached hydrogens (tertiary/aromatic N) is 2. The third-order valence-electron chi connectivity index (χ3n) is 3.05. The summed E-state index contributed by atoms with van der Waals surface area (Å²) in [7, 11) is 0. The molecule has 4 nitrogen and oxygen atoms in total. The van der Waals surface area contributed by atoms with Crippen molar-refractivity contribution >= 4 is 17.3 Å². The minimum Gasteiger partial charge on any atom is -0.345 e. The maximum atomic E-state index is 10.9. The van der Waals surface area contributed by atoms with Gasteiger partial charge in [0.05, 0.1) is 10.5 Å². The van der Waals surface area contributed by atoms with Gasteiger partial charge in [0.25, 0.3) is 5.69 Å². The number of hydrogen-bond acceptors (Lipinski definition) is 2. The molecular formula is C13H13ClN2O2. The molecule has 2 rings (SSSR count). The van der Waals surface area contributed by atoms with Crippen LogP contribution < -0.4 is 0 Å². The summed E-state index contributed by atoms with van der Waals surface area (Å²) in [5.74, 6) is 0. The minimum absolute atomic E-state index is 0.0118. The van der Waals surface area contributed by atoms with E-state index in [-0.39, 0.29) is 11.2 Å². The number of hydrogen-bond donors (Lipinski definition) is 0. The summed E-state index contributed by atoms with van der Waals surface area (Å²) in [6.07, 6.45) is 3.85. The van der Waals surface area contributed by atoms with Gasteiger partial charge >= 0.3 is 0 Å². The molecule has 0 atom stereocenters. The Labute approximate surface area is 110 Å². The zero-order chi connectivity index (χ0) is 13.3. The predicted octanol–water partition coefficient (Wildman–Crippen LogP) is 3.83. The number of rotatable bonds is 3. The van der Waals surface area contributed by atoms with Crippen molar-refractivity contribution in [2.75, 3.05) is 0 Å². The average Bonchev–Trinajstić information content (AvgIpc) is 2.82. The number of aromatic nitrogens is 1. The summed E-state index contributed by atoms with van der Waals surface area (Å²) in [5.41, 5.74) is 0.426. The van der Waals surface area contributed by atoms with Crippen molar-refractivity contribution in [3.63, 3.8) is 0 Å². The van der Waals surface area contributed by atoms with Gasteiger partial charge in [-0.05, 0) is 37.6 Å². The maximum Gasteiger partial charge on any atom is 0.271 e. The van der Waals surface area contributed by atoms with Crippen LogP contribution in [0.1, 0.15) is 19.4 Å². The molecule has 0 amide bonds. The molecule has 0 aliphatic heterocycles.